The molecule has 2 aliphatic rings. The third kappa shape index (κ3) is 6.20. The number of hydrogen-bond acceptors (Lipinski definition) is 4. The molecule has 1 N–H and O–H groups in total. The zero-order valence-corrected chi connectivity index (χ0v) is 19.9. The molecule has 2 heterocycles. The van der Waals surface area contributed by atoms with Crippen LogP contribution in [0.4, 0.5) is 4.39 Å². The number of amides is 2. The molecule has 182 valence electrons. The van der Waals surface area contributed by atoms with Gasteiger partial charge in [-0.1, -0.05) is 24.4 Å². The number of rotatable bonds is 3. The Balaban J connectivity index is 1.44. The number of carbonyl (C=O) groups is 2. The lowest BCUT2D eigenvalue weighted by molar-refractivity contribution is -0.137. The van der Waals surface area contributed by atoms with Crippen molar-refractivity contribution in [1.82, 2.24) is 10.2 Å². The summed E-state index contributed by atoms with van der Waals surface area (Å²) in [6, 6.07) is 10.7. The summed E-state index contributed by atoms with van der Waals surface area (Å²) >= 11 is 6.14. The molecule has 0 aliphatic carbocycles. The van der Waals surface area contributed by atoms with Crippen molar-refractivity contribution in [3.63, 3.8) is 0 Å². The van der Waals surface area contributed by atoms with Crippen molar-refractivity contribution in [1.29, 1.82) is 0 Å². The Bertz CT molecular complexity index is 1020. The van der Waals surface area contributed by atoms with Gasteiger partial charge in [0, 0.05) is 30.1 Å². The summed E-state index contributed by atoms with van der Waals surface area (Å²) in [5.41, 5.74) is 0.234. The number of halogens is 2. The van der Waals surface area contributed by atoms with Gasteiger partial charge < -0.3 is 19.7 Å². The van der Waals surface area contributed by atoms with Crippen molar-refractivity contribution >= 4 is 23.4 Å². The fourth-order valence-corrected chi connectivity index (χ4v) is 4.93. The second kappa shape index (κ2) is 11.1. The van der Waals surface area contributed by atoms with Crippen LogP contribution < -0.4 is 14.8 Å². The van der Waals surface area contributed by atoms with E-state index in [4.69, 9.17) is 21.1 Å². The number of likely N-dealkylation sites (tertiary alicyclic amines) is 1. The van der Waals surface area contributed by atoms with E-state index in [1.54, 1.807) is 18.2 Å². The number of carbonyl (C=O) groups excluding carboxylic acids is 2. The maximum Gasteiger partial charge on any atom is 0.260 e. The van der Waals surface area contributed by atoms with Gasteiger partial charge >= 0.3 is 0 Å². The van der Waals surface area contributed by atoms with Crippen LogP contribution in [-0.4, -0.2) is 49.6 Å². The van der Waals surface area contributed by atoms with Crippen LogP contribution in [0.25, 0.3) is 0 Å². The van der Waals surface area contributed by atoms with Crippen LogP contribution in [0.15, 0.2) is 42.5 Å². The van der Waals surface area contributed by atoms with Crippen LogP contribution in [0.2, 0.25) is 5.02 Å². The summed E-state index contributed by atoms with van der Waals surface area (Å²) < 4.78 is 24.5. The van der Waals surface area contributed by atoms with Crippen molar-refractivity contribution in [2.75, 3.05) is 32.8 Å². The average Bonchev–Trinajstić information content (AvgIpc) is 2.84. The van der Waals surface area contributed by atoms with Crippen molar-refractivity contribution in [2.45, 2.75) is 38.5 Å². The Hall–Kier alpha value is -2.80. The molecule has 1 atom stereocenters. The topological polar surface area (TPSA) is 67.9 Å². The standard InChI is InChI=1S/C26H30ClFN2O4/c27-19-5-10-23-22(15-19)25(32)29-17-26(11-2-1-3-14-33-23)12-4-13-30(18-26)24(31)16-34-21-8-6-20(28)7-9-21/h5-10,15H,1-4,11-14,16-18H2,(H,29,32). The molecule has 2 aromatic carbocycles. The number of benzene rings is 2. The maximum absolute atomic E-state index is 13.1. The van der Waals surface area contributed by atoms with Crippen LogP contribution in [0.5, 0.6) is 11.5 Å². The molecule has 0 bridgehead atoms. The molecule has 6 nitrogen and oxygen atoms in total. The van der Waals surface area contributed by atoms with Crippen LogP contribution in [0.3, 0.4) is 0 Å². The summed E-state index contributed by atoms with van der Waals surface area (Å²) in [5, 5.41) is 3.57. The highest BCUT2D eigenvalue weighted by Gasteiger charge is 2.37. The largest absolute Gasteiger partial charge is 0.493 e. The maximum atomic E-state index is 13.1. The molecular weight excluding hydrogens is 459 g/mol. The first-order valence-corrected chi connectivity index (χ1v) is 12.2. The van der Waals surface area contributed by atoms with Crippen LogP contribution in [0.1, 0.15) is 48.9 Å². The molecule has 1 spiro atoms. The third-order valence-electron chi connectivity index (χ3n) is 6.61. The normalized spacial score (nSPS) is 21.5. The predicted octanol–water partition coefficient (Wildman–Crippen LogP) is 4.85. The van der Waals surface area contributed by atoms with Gasteiger partial charge in [-0.3, -0.25) is 9.59 Å². The Kier molecular flexibility index (Phi) is 7.93. The Labute approximate surface area is 204 Å². The van der Waals surface area contributed by atoms with E-state index in [2.05, 4.69) is 5.32 Å². The van der Waals surface area contributed by atoms with E-state index in [1.165, 1.54) is 24.3 Å². The van der Waals surface area contributed by atoms with Gasteiger partial charge in [0.2, 0.25) is 0 Å². The highest BCUT2D eigenvalue weighted by molar-refractivity contribution is 6.31. The predicted molar refractivity (Wildman–Crippen MR) is 128 cm³/mol. The summed E-state index contributed by atoms with van der Waals surface area (Å²) in [6.45, 7) is 2.14. The summed E-state index contributed by atoms with van der Waals surface area (Å²) in [7, 11) is 0. The van der Waals surface area contributed by atoms with Gasteiger partial charge in [0.25, 0.3) is 11.8 Å². The highest BCUT2D eigenvalue weighted by atomic mass is 35.5. The Morgan fingerprint density at radius 2 is 1.91 bits per heavy atom. The highest BCUT2D eigenvalue weighted by Crippen LogP contribution is 2.36. The molecule has 2 aromatic rings. The van der Waals surface area contributed by atoms with Crippen molar-refractivity contribution < 1.29 is 23.5 Å². The second-order valence-electron chi connectivity index (χ2n) is 9.14. The van der Waals surface area contributed by atoms with Crippen molar-refractivity contribution in [2.24, 2.45) is 5.41 Å². The molecule has 4 rings (SSSR count). The van der Waals surface area contributed by atoms with E-state index in [9.17, 15) is 14.0 Å². The second-order valence-corrected chi connectivity index (χ2v) is 9.58. The monoisotopic (exact) mass is 488 g/mol. The molecule has 34 heavy (non-hydrogen) atoms. The Morgan fingerprint density at radius 3 is 2.74 bits per heavy atom. The SMILES string of the molecule is O=C1NCC2(CCCCCOc3ccc(Cl)cc31)CCCN(C(=O)COc1ccc(F)cc1)C2. The lowest BCUT2D eigenvalue weighted by Gasteiger charge is -2.43. The van der Waals surface area contributed by atoms with E-state index in [-0.39, 0.29) is 29.7 Å². The number of fused-ring (bicyclic) bond motifs is 1. The first kappa shape index (κ1) is 24.3. The molecule has 0 aromatic heterocycles. The van der Waals surface area contributed by atoms with Gasteiger partial charge in [0.1, 0.15) is 17.3 Å². The molecule has 1 fully saturated rings. The number of piperidine rings is 1. The summed E-state index contributed by atoms with van der Waals surface area (Å²) in [6.07, 6.45) is 5.63. The first-order valence-electron chi connectivity index (χ1n) is 11.8. The van der Waals surface area contributed by atoms with Gasteiger partial charge in [0.15, 0.2) is 6.61 Å². The molecule has 1 unspecified atom stereocenters. The van der Waals surface area contributed by atoms with E-state index in [0.29, 0.717) is 48.3 Å². The quantitative estimate of drug-likeness (QED) is 0.670. The molecule has 1 saturated heterocycles. The van der Waals surface area contributed by atoms with Gasteiger partial charge in [-0.15, -0.1) is 0 Å². The number of hydrogen-bond donors (Lipinski definition) is 1. The van der Waals surface area contributed by atoms with E-state index >= 15 is 0 Å². The first-order chi connectivity index (χ1) is 16.4. The number of nitrogens with one attached hydrogen (secondary N) is 1. The summed E-state index contributed by atoms with van der Waals surface area (Å²) in [4.78, 5) is 27.8. The molecule has 8 heteroatoms. The van der Waals surface area contributed by atoms with Gasteiger partial charge in [-0.2, -0.15) is 0 Å². The third-order valence-corrected chi connectivity index (χ3v) is 6.84. The van der Waals surface area contributed by atoms with Crippen LogP contribution in [-0.2, 0) is 4.79 Å². The van der Waals surface area contributed by atoms with Gasteiger partial charge in [-0.05, 0) is 68.1 Å². The Morgan fingerprint density at radius 1 is 1.12 bits per heavy atom. The minimum absolute atomic E-state index is 0.0999. The van der Waals surface area contributed by atoms with Gasteiger partial charge in [0.05, 0.1) is 12.2 Å². The smallest absolute Gasteiger partial charge is 0.260 e. The molecular formula is C26H30ClFN2O4. The fourth-order valence-electron chi connectivity index (χ4n) is 4.75. The minimum Gasteiger partial charge on any atom is -0.493 e. The molecule has 2 amide bonds. The van der Waals surface area contributed by atoms with Gasteiger partial charge in [-0.25, -0.2) is 4.39 Å². The van der Waals surface area contributed by atoms with Crippen LogP contribution >= 0.6 is 11.6 Å². The number of ether oxygens (including phenoxy) is 2. The average molecular weight is 489 g/mol. The molecule has 0 radical (unpaired) electrons. The number of nitrogens with zero attached hydrogens (tertiary/aromatic N) is 1. The van der Waals surface area contributed by atoms with E-state index in [0.717, 1.165) is 38.5 Å². The lowest BCUT2D eigenvalue weighted by atomic mass is 9.75. The van der Waals surface area contributed by atoms with Crippen LogP contribution in [0, 0.1) is 11.2 Å². The fraction of sp³-hybridized carbons (Fsp3) is 0.462. The molecule has 0 saturated carbocycles. The minimum atomic E-state index is -0.349. The van der Waals surface area contributed by atoms with Crippen molar-refractivity contribution in [3.05, 3.63) is 58.9 Å². The van der Waals surface area contributed by atoms with E-state index < -0.39 is 0 Å². The van der Waals surface area contributed by atoms with Crippen molar-refractivity contribution in [3.8, 4) is 11.5 Å². The van der Waals surface area contributed by atoms with E-state index in [1.807, 2.05) is 4.90 Å². The molecule has 2 aliphatic heterocycles. The summed E-state index contributed by atoms with van der Waals surface area (Å²) in [5.74, 6) is 0.318. The zero-order valence-electron chi connectivity index (χ0n) is 19.2. The zero-order chi connectivity index (χ0) is 24.0. The lowest BCUT2D eigenvalue weighted by Crippen LogP contribution is -2.52.